The zero-order valence-electron chi connectivity index (χ0n) is 20.4. The Hall–Kier alpha value is -3.72. The highest BCUT2D eigenvalue weighted by molar-refractivity contribution is 7.98. The van der Waals surface area contributed by atoms with Crippen LogP contribution in [0.1, 0.15) is 11.1 Å². The van der Waals surface area contributed by atoms with E-state index < -0.39 is 0 Å². The molecule has 5 aromatic rings. The maximum Gasteiger partial charge on any atom is 0.187 e. The van der Waals surface area contributed by atoms with Crippen LogP contribution in [-0.4, -0.2) is 36.3 Å². The number of rotatable bonds is 7. The number of ether oxygens (including phenoxy) is 1. The fourth-order valence-electron chi connectivity index (χ4n) is 3.99. The monoisotopic (exact) mass is 564 g/mol. The lowest BCUT2D eigenvalue weighted by molar-refractivity contribution is 0.195. The Kier molecular flexibility index (Phi) is 7.46. The smallest absolute Gasteiger partial charge is 0.187 e. The van der Waals surface area contributed by atoms with Crippen molar-refractivity contribution in [2.24, 2.45) is 0 Å². The van der Waals surface area contributed by atoms with E-state index in [9.17, 15) is 10.3 Å². The van der Waals surface area contributed by atoms with Crippen molar-refractivity contribution in [3.63, 3.8) is 0 Å². The summed E-state index contributed by atoms with van der Waals surface area (Å²) >= 11 is 14.2. The number of aryl methyl sites for hydroxylation is 1. The fraction of sp³-hybridized carbons (Fsp3) is 0.107. The first-order valence-electron chi connectivity index (χ1n) is 11.5. The van der Waals surface area contributed by atoms with Gasteiger partial charge in [-0.1, -0.05) is 77.4 Å². The van der Waals surface area contributed by atoms with Gasteiger partial charge in [-0.25, -0.2) is 15.0 Å². The molecule has 38 heavy (non-hydrogen) atoms. The van der Waals surface area contributed by atoms with Crippen LogP contribution in [0, 0.1) is 6.92 Å². The summed E-state index contributed by atoms with van der Waals surface area (Å²) in [7, 11) is 0. The molecule has 0 radical (unpaired) electrons. The minimum Gasteiger partial charge on any atom is -0.508 e. The summed E-state index contributed by atoms with van der Waals surface area (Å²) in [5.74, 6) is 0.681. The number of phenols is 1. The summed E-state index contributed by atoms with van der Waals surface area (Å²) in [6.07, 6.45) is 3.49. The third kappa shape index (κ3) is 5.15. The Balaban J connectivity index is 1.67. The van der Waals surface area contributed by atoms with Gasteiger partial charge < -0.3 is 15.1 Å². The normalized spacial score (nSPS) is 11.1. The topological polar surface area (TPSA) is 93.3 Å². The predicted molar refractivity (Wildman–Crippen MR) is 150 cm³/mol. The molecule has 5 rings (SSSR count). The number of hydrogen-bond donors (Lipinski definition) is 2. The summed E-state index contributed by atoms with van der Waals surface area (Å²) < 4.78 is 7.06. The molecule has 0 aliphatic rings. The van der Waals surface area contributed by atoms with Gasteiger partial charge in [-0.15, -0.1) is 0 Å². The van der Waals surface area contributed by atoms with Gasteiger partial charge in [0, 0.05) is 11.8 Å². The minimum atomic E-state index is -0.0978. The molecule has 0 saturated heterocycles. The Morgan fingerprint density at radius 2 is 1.71 bits per heavy atom. The highest BCUT2D eigenvalue weighted by Crippen LogP contribution is 2.42. The molecule has 0 bridgehead atoms. The quantitative estimate of drug-likeness (QED) is 0.120. The number of hydrogen-bond acceptors (Lipinski definition) is 7. The summed E-state index contributed by atoms with van der Waals surface area (Å²) in [5.41, 5.74) is 4.19. The van der Waals surface area contributed by atoms with Crippen LogP contribution in [0.25, 0.3) is 34.0 Å². The molecule has 2 aromatic heterocycles. The van der Waals surface area contributed by atoms with Crippen molar-refractivity contribution in [1.29, 1.82) is 0 Å². The number of nitrogens with zero attached hydrogens (tertiary/aromatic N) is 4. The zero-order valence-corrected chi connectivity index (χ0v) is 22.7. The highest BCUT2D eigenvalue weighted by Gasteiger charge is 2.26. The van der Waals surface area contributed by atoms with Crippen molar-refractivity contribution in [3.8, 4) is 45.5 Å². The second kappa shape index (κ2) is 10.9. The lowest BCUT2D eigenvalue weighted by atomic mass is 10.1. The van der Waals surface area contributed by atoms with Crippen LogP contribution in [0.15, 0.2) is 78.1 Å². The molecule has 3 aromatic carbocycles. The average molecular weight is 565 g/mol. The molecule has 0 amide bonds. The van der Waals surface area contributed by atoms with E-state index in [-0.39, 0.29) is 27.2 Å². The maximum absolute atomic E-state index is 11.4. The molecule has 10 heteroatoms. The first-order valence-corrected chi connectivity index (χ1v) is 13.5. The van der Waals surface area contributed by atoms with Crippen molar-refractivity contribution in [2.45, 2.75) is 18.7 Å². The number of thioether (sulfide) groups is 1. The fourth-order valence-corrected chi connectivity index (χ4v) is 4.99. The van der Waals surface area contributed by atoms with Gasteiger partial charge >= 0.3 is 0 Å². The third-order valence-corrected chi connectivity index (χ3v) is 7.02. The van der Waals surface area contributed by atoms with Gasteiger partial charge in [-0.3, -0.25) is 0 Å². The second-order valence-corrected chi connectivity index (χ2v) is 10.00. The molecule has 0 unspecified atom stereocenters. The molecule has 0 spiro atoms. The summed E-state index contributed by atoms with van der Waals surface area (Å²) in [6.45, 7) is 2.37. The molecule has 2 heterocycles. The van der Waals surface area contributed by atoms with Crippen molar-refractivity contribution < 1.29 is 15.1 Å². The Labute approximate surface area is 233 Å². The second-order valence-electron chi connectivity index (χ2n) is 8.41. The number of aromatic nitrogens is 4. The summed E-state index contributed by atoms with van der Waals surface area (Å²) in [4.78, 5) is 13.6. The van der Waals surface area contributed by atoms with Crippen LogP contribution >= 0.6 is 35.0 Å². The van der Waals surface area contributed by atoms with Crippen LogP contribution in [0.3, 0.4) is 0 Å². The molecular weight excluding hydrogens is 543 g/mol. The molecule has 2 N–H and O–H groups in total. The number of phenolic OH excluding ortho intramolecular Hbond substituents is 1. The van der Waals surface area contributed by atoms with Crippen LogP contribution < -0.4 is 4.74 Å². The van der Waals surface area contributed by atoms with Gasteiger partial charge in [0.1, 0.15) is 29.5 Å². The Bertz CT molecular complexity index is 1600. The van der Waals surface area contributed by atoms with Gasteiger partial charge in [0.2, 0.25) is 0 Å². The van der Waals surface area contributed by atoms with Crippen molar-refractivity contribution in [1.82, 2.24) is 19.7 Å². The van der Waals surface area contributed by atoms with Crippen LogP contribution in [0.5, 0.6) is 11.5 Å². The SMILES string of the molecule is CSc1nccc(-c2c(-c3ccc(C)c(OCc4ccccc4)c3)nc(-c3c(Cl)cc(O)cc3Cl)n2O)n1. The molecular formula is C28H22Cl2N4O3S. The van der Waals surface area contributed by atoms with Crippen LogP contribution in [0.2, 0.25) is 10.0 Å². The standard InChI is InChI=1S/C28H22Cl2N4O3S/c1-16-8-9-18(12-23(16)37-15-17-6-4-3-5-7-17)25-26(22-10-11-31-28(32-22)38-2)34(36)27(33-25)24-20(29)13-19(35)14-21(24)30/h3-14,35-36H,15H2,1-2H3. The minimum absolute atomic E-state index is 0.0978. The van der Waals surface area contributed by atoms with E-state index >= 15 is 0 Å². The lowest BCUT2D eigenvalue weighted by Crippen LogP contribution is -2.01. The molecule has 0 aliphatic carbocycles. The van der Waals surface area contributed by atoms with Gasteiger partial charge in [0.25, 0.3) is 0 Å². The Morgan fingerprint density at radius 1 is 0.974 bits per heavy atom. The molecule has 192 valence electrons. The van der Waals surface area contributed by atoms with Gasteiger partial charge in [-0.2, -0.15) is 4.73 Å². The zero-order chi connectivity index (χ0) is 26.8. The van der Waals surface area contributed by atoms with E-state index in [1.165, 1.54) is 23.9 Å². The van der Waals surface area contributed by atoms with Gasteiger partial charge in [0.15, 0.2) is 11.0 Å². The number of aromatic hydroxyl groups is 1. The third-order valence-electron chi connectivity index (χ3n) is 5.86. The van der Waals surface area contributed by atoms with Crippen molar-refractivity contribution in [3.05, 3.63) is 94.1 Å². The number of imidazole rings is 1. The lowest BCUT2D eigenvalue weighted by Gasteiger charge is -2.12. The van der Waals surface area contributed by atoms with Crippen molar-refractivity contribution >= 4 is 35.0 Å². The van der Waals surface area contributed by atoms with Crippen LogP contribution in [0.4, 0.5) is 0 Å². The molecule has 0 fully saturated rings. The van der Waals surface area contributed by atoms with E-state index in [0.717, 1.165) is 15.9 Å². The summed E-state index contributed by atoms with van der Waals surface area (Å²) in [6, 6.07) is 20.0. The van der Waals surface area contributed by atoms with Gasteiger partial charge in [0.05, 0.1) is 21.3 Å². The van der Waals surface area contributed by atoms with Gasteiger partial charge in [-0.05, 0) is 48.6 Å². The van der Waals surface area contributed by atoms with Crippen LogP contribution in [-0.2, 0) is 6.61 Å². The molecule has 0 aliphatic heterocycles. The number of halogens is 2. The predicted octanol–water partition coefficient (Wildman–Crippen LogP) is 7.53. The van der Waals surface area contributed by atoms with E-state index in [0.29, 0.717) is 40.2 Å². The highest BCUT2D eigenvalue weighted by atomic mass is 35.5. The molecule has 0 saturated carbocycles. The maximum atomic E-state index is 11.4. The largest absolute Gasteiger partial charge is 0.508 e. The average Bonchev–Trinajstić information content (AvgIpc) is 3.24. The van der Waals surface area contributed by atoms with E-state index in [1.807, 2.05) is 61.7 Å². The first-order chi connectivity index (χ1) is 18.4. The first kappa shape index (κ1) is 25.9. The number of benzene rings is 3. The molecule has 0 atom stereocenters. The summed E-state index contributed by atoms with van der Waals surface area (Å²) in [5, 5.41) is 22.1. The molecule has 7 nitrogen and oxygen atoms in total. The van der Waals surface area contributed by atoms with E-state index in [1.54, 1.807) is 12.3 Å². The van der Waals surface area contributed by atoms with Crippen molar-refractivity contribution in [2.75, 3.05) is 6.26 Å². The Morgan fingerprint density at radius 3 is 2.42 bits per heavy atom. The van der Waals surface area contributed by atoms with E-state index in [2.05, 4.69) is 9.97 Å². The van der Waals surface area contributed by atoms with E-state index in [4.69, 9.17) is 32.9 Å².